The van der Waals surface area contributed by atoms with Gasteiger partial charge >= 0.3 is 0 Å². The lowest BCUT2D eigenvalue weighted by Crippen LogP contribution is -2.36. The second-order valence-corrected chi connectivity index (χ2v) is 4.51. The van der Waals surface area contributed by atoms with Crippen LogP contribution in [0.3, 0.4) is 0 Å². The van der Waals surface area contributed by atoms with Crippen molar-refractivity contribution in [2.24, 2.45) is 0 Å². The maximum Gasteiger partial charge on any atom is 0.165 e. The normalized spacial score (nSPS) is 14.7. The van der Waals surface area contributed by atoms with E-state index in [4.69, 9.17) is 0 Å². The molecule has 4 heteroatoms. The van der Waals surface area contributed by atoms with Gasteiger partial charge in [0.1, 0.15) is 5.60 Å². The average Bonchev–Trinajstić information content (AvgIpc) is 2.26. The molecule has 1 aromatic rings. The van der Waals surface area contributed by atoms with Gasteiger partial charge in [-0.1, -0.05) is 19.1 Å². The number of hydrogen-bond acceptors (Lipinski definition) is 2. The number of benzene rings is 1. The summed E-state index contributed by atoms with van der Waals surface area (Å²) in [7, 11) is 0. The Hall–Kier alpha value is -1.00. The summed E-state index contributed by atoms with van der Waals surface area (Å²) in [6.45, 7) is 5.88. The van der Waals surface area contributed by atoms with E-state index in [1.54, 1.807) is 0 Å². The minimum atomic E-state index is -1.41. The third kappa shape index (κ3) is 3.23. The molecule has 0 spiro atoms. The molecule has 0 fully saturated rings. The Kier molecular flexibility index (Phi) is 4.60. The van der Waals surface area contributed by atoms with Crippen molar-refractivity contribution in [2.45, 2.75) is 32.8 Å². The van der Waals surface area contributed by atoms with Crippen LogP contribution in [0.4, 0.5) is 8.78 Å². The first-order valence-electron chi connectivity index (χ1n) is 5.78. The molecule has 17 heavy (non-hydrogen) atoms. The van der Waals surface area contributed by atoms with Crippen molar-refractivity contribution < 1.29 is 13.9 Å². The van der Waals surface area contributed by atoms with Gasteiger partial charge in [-0.25, -0.2) is 8.78 Å². The van der Waals surface area contributed by atoms with Gasteiger partial charge in [-0.3, -0.25) is 0 Å². The molecule has 0 aliphatic carbocycles. The summed E-state index contributed by atoms with van der Waals surface area (Å²) in [6.07, 6.45) is 0.917. The number of aryl methyl sites for hydroxylation is 1. The highest BCUT2D eigenvalue weighted by molar-refractivity contribution is 5.29. The summed E-state index contributed by atoms with van der Waals surface area (Å²) in [5.74, 6) is -1.86. The van der Waals surface area contributed by atoms with E-state index in [2.05, 4.69) is 5.32 Å². The molecular weight excluding hydrogens is 224 g/mol. The molecule has 0 saturated heterocycles. The molecule has 1 unspecified atom stereocenters. The Morgan fingerprint density at radius 2 is 1.94 bits per heavy atom. The molecule has 0 aliphatic heterocycles. The quantitative estimate of drug-likeness (QED) is 0.779. The Morgan fingerprint density at radius 1 is 1.29 bits per heavy atom. The number of hydrogen-bond donors (Lipinski definition) is 2. The minimum Gasteiger partial charge on any atom is -0.384 e. The van der Waals surface area contributed by atoms with Gasteiger partial charge in [-0.15, -0.1) is 0 Å². The Balaban J connectivity index is 2.94. The van der Waals surface area contributed by atoms with Crippen LogP contribution in [0.2, 0.25) is 0 Å². The summed E-state index contributed by atoms with van der Waals surface area (Å²) >= 11 is 0. The summed E-state index contributed by atoms with van der Waals surface area (Å²) < 4.78 is 27.1. The van der Waals surface area contributed by atoms with Gasteiger partial charge in [0, 0.05) is 12.1 Å². The molecule has 2 nitrogen and oxygen atoms in total. The molecule has 0 bridgehead atoms. The lowest BCUT2D eigenvalue weighted by molar-refractivity contribution is 0.0527. The highest BCUT2D eigenvalue weighted by Crippen LogP contribution is 2.25. The number of nitrogens with one attached hydrogen (secondary N) is 1. The summed E-state index contributed by atoms with van der Waals surface area (Å²) in [6, 6.07) is 2.91. The van der Waals surface area contributed by atoms with E-state index in [1.807, 2.05) is 6.92 Å². The number of aliphatic hydroxyl groups is 1. The van der Waals surface area contributed by atoms with Crippen LogP contribution in [-0.2, 0) is 5.60 Å². The predicted octanol–water partition coefficient (Wildman–Crippen LogP) is 2.48. The van der Waals surface area contributed by atoms with Crippen LogP contribution in [-0.4, -0.2) is 18.2 Å². The van der Waals surface area contributed by atoms with Gasteiger partial charge in [-0.05, 0) is 32.4 Å². The van der Waals surface area contributed by atoms with Gasteiger partial charge in [-0.2, -0.15) is 0 Å². The van der Waals surface area contributed by atoms with E-state index in [1.165, 1.54) is 26.0 Å². The first kappa shape index (κ1) is 14.1. The van der Waals surface area contributed by atoms with Crippen LogP contribution in [0, 0.1) is 18.6 Å². The largest absolute Gasteiger partial charge is 0.384 e. The first-order valence-corrected chi connectivity index (χ1v) is 5.78. The van der Waals surface area contributed by atoms with Crippen LogP contribution < -0.4 is 5.32 Å². The molecule has 1 aromatic carbocycles. The van der Waals surface area contributed by atoms with Crippen molar-refractivity contribution in [3.05, 3.63) is 34.9 Å². The van der Waals surface area contributed by atoms with Crippen molar-refractivity contribution in [2.75, 3.05) is 13.1 Å². The highest BCUT2D eigenvalue weighted by Gasteiger charge is 2.28. The van der Waals surface area contributed by atoms with Gasteiger partial charge in [0.15, 0.2) is 11.6 Å². The van der Waals surface area contributed by atoms with Crippen LogP contribution in [0.15, 0.2) is 12.1 Å². The number of halogens is 2. The van der Waals surface area contributed by atoms with Gasteiger partial charge in [0.05, 0.1) is 0 Å². The molecule has 1 atom stereocenters. The van der Waals surface area contributed by atoms with E-state index >= 15 is 0 Å². The summed E-state index contributed by atoms with van der Waals surface area (Å²) in [4.78, 5) is 0. The van der Waals surface area contributed by atoms with Gasteiger partial charge in [0.25, 0.3) is 0 Å². The third-order valence-electron chi connectivity index (χ3n) is 2.75. The van der Waals surface area contributed by atoms with Crippen LogP contribution >= 0.6 is 0 Å². The zero-order valence-corrected chi connectivity index (χ0v) is 10.5. The van der Waals surface area contributed by atoms with E-state index in [0.717, 1.165) is 13.0 Å². The second kappa shape index (κ2) is 5.56. The zero-order chi connectivity index (χ0) is 13.1. The molecule has 0 amide bonds. The van der Waals surface area contributed by atoms with Crippen molar-refractivity contribution >= 4 is 0 Å². The molecule has 96 valence electrons. The van der Waals surface area contributed by atoms with E-state index in [-0.39, 0.29) is 17.7 Å². The number of rotatable bonds is 5. The minimum absolute atomic E-state index is 0.01000. The van der Waals surface area contributed by atoms with E-state index in [0.29, 0.717) is 0 Å². The monoisotopic (exact) mass is 243 g/mol. The van der Waals surface area contributed by atoms with Crippen molar-refractivity contribution in [3.63, 3.8) is 0 Å². The lowest BCUT2D eigenvalue weighted by atomic mass is 9.94. The van der Waals surface area contributed by atoms with E-state index < -0.39 is 17.2 Å². The maximum atomic E-state index is 13.7. The Morgan fingerprint density at radius 3 is 2.53 bits per heavy atom. The topological polar surface area (TPSA) is 32.3 Å². The molecule has 0 heterocycles. The summed E-state index contributed by atoms with van der Waals surface area (Å²) in [5.41, 5.74) is -1.18. The van der Waals surface area contributed by atoms with Gasteiger partial charge in [0.2, 0.25) is 0 Å². The predicted molar refractivity (Wildman–Crippen MR) is 63.8 cm³/mol. The van der Waals surface area contributed by atoms with Gasteiger partial charge < -0.3 is 10.4 Å². The zero-order valence-electron chi connectivity index (χ0n) is 10.5. The Bertz CT molecular complexity index is 391. The van der Waals surface area contributed by atoms with Crippen molar-refractivity contribution in [1.82, 2.24) is 5.32 Å². The van der Waals surface area contributed by atoms with Crippen molar-refractivity contribution in [3.8, 4) is 0 Å². The average molecular weight is 243 g/mol. The lowest BCUT2D eigenvalue weighted by Gasteiger charge is -2.25. The summed E-state index contributed by atoms with van der Waals surface area (Å²) in [5, 5.41) is 13.1. The fourth-order valence-corrected chi connectivity index (χ4v) is 1.67. The molecule has 0 aliphatic rings. The van der Waals surface area contributed by atoms with Crippen molar-refractivity contribution in [1.29, 1.82) is 0 Å². The molecular formula is C13H19F2NO. The fraction of sp³-hybridized carbons (Fsp3) is 0.538. The highest BCUT2D eigenvalue weighted by atomic mass is 19.2. The molecule has 2 N–H and O–H groups in total. The second-order valence-electron chi connectivity index (χ2n) is 4.51. The Labute approximate surface area is 101 Å². The molecule has 1 rings (SSSR count). The maximum absolute atomic E-state index is 13.7. The van der Waals surface area contributed by atoms with Crippen LogP contribution in [0.5, 0.6) is 0 Å². The molecule has 0 aromatic heterocycles. The third-order valence-corrected chi connectivity index (χ3v) is 2.75. The van der Waals surface area contributed by atoms with Crippen LogP contribution in [0.1, 0.15) is 31.4 Å². The standard InChI is InChI=1S/C13H19F2NO/c1-4-7-16-8-13(3,17)10-6-5-9(2)11(14)12(10)15/h5-6,16-17H,4,7-8H2,1-3H3. The molecule has 0 saturated carbocycles. The van der Waals surface area contributed by atoms with E-state index in [9.17, 15) is 13.9 Å². The molecule has 0 radical (unpaired) electrons. The smallest absolute Gasteiger partial charge is 0.165 e. The first-order chi connectivity index (χ1) is 7.90. The fourth-order valence-electron chi connectivity index (χ4n) is 1.67. The SMILES string of the molecule is CCCNCC(C)(O)c1ccc(C)c(F)c1F. The van der Waals surface area contributed by atoms with Crippen LogP contribution in [0.25, 0.3) is 0 Å².